The van der Waals surface area contributed by atoms with Crippen LogP contribution in [0.15, 0.2) is 54.9 Å². The lowest BCUT2D eigenvalue weighted by atomic mass is 10.1. The third-order valence-electron chi connectivity index (χ3n) is 4.95. The summed E-state index contributed by atoms with van der Waals surface area (Å²) in [4.78, 5) is 29.0. The van der Waals surface area contributed by atoms with Crippen LogP contribution in [-0.4, -0.2) is 27.4 Å². The van der Waals surface area contributed by atoms with Gasteiger partial charge in [0, 0.05) is 18.2 Å². The van der Waals surface area contributed by atoms with Crippen LogP contribution in [0.3, 0.4) is 0 Å². The van der Waals surface area contributed by atoms with Crippen molar-refractivity contribution in [1.29, 1.82) is 0 Å². The van der Waals surface area contributed by atoms with Gasteiger partial charge in [-0.05, 0) is 50.1 Å². The number of nitrogens with zero attached hydrogens (tertiary/aromatic N) is 2. The number of carbonyl (C=O) groups excluding carboxylic acids is 2. The number of carbonyl (C=O) groups is 2. The molecule has 6 nitrogen and oxygen atoms in total. The standard InChI is InChI=1S/C22H26N4O2/c1-4-15(2)25-22(28)18-11-9-17(10-12-18)13-23-21(27)16(3)26-14-24-19-7-5-6-8-20(19)26/h5-12,14-16H,4,13H2,1-3H3,(H,23,27)(H,25,28)/t15-,16+/m0/s1. The number of benzene rings is 2. The molecule has 146 valence electrons. The van der Waals surface area contributed by atoms with Gasteiger partial charge >= 0.3 is 0 Å². The largest absolute Gasteiger partial charge is 0.350 e. The molecule has 3 aromatic rings. The van der Waals surface area contributed by atoms with Gasteiger partial charge < -0.3 is 15.2 Å². The minimum absolute atomic E-state index is 0.0782. The summed E-state index contributed by atoms with van der Waals surface area (Å²) < 4.78 is 1.87. The number of para-hydroxylation sites is 2. The Morgan fingerprint density at radius 3 is 2.50 bits per heavy atom. The van der Waals surface area contributed by atoms with Crippen LogP contribution in [0.2, 0.25) is 0 Å². The molecule has 0 saturated carbocycles. The number of aromatic nitrogens is 2. The van der Waals surface area contributed by atoms with Crippen molar-refractivity contribution in [2.45, 2.75) is 45.8 Å². The van der Waals surface area contributed by atoms with Crippen LogP contribution in [0, 0.1) is 0 Å². The molecule has 0 aliphatic heterocycles. The van der Waals surface area contributed by atoms with Crippen LogP contribution in [0.5, 0.6) is 0 Å². The molecule has 0 saturated heterocycles. The predicted octanol–water partition coefficient (Wildman–Crippen LogP) is 3.44. The van der Waals surface area contributed by atoms with Gasteiger partial charge in [-0.1, -0.05) is 31.2 Å². The van der Waals surface area contributed by atoms with Crippen LogP contribution in [-0.2, 0) is 11.3 Å². The molecule has 1 aromatic heterocycles. The van der Waals surface area contributed by atoms with E-state index in [1.165, 1.54) is 0 Å². The van der Waals surface area contributed by atoms with Crippen molar-refractivity contribution in [3.8, 4) is 0 Å². The zero-order valence-electron chi connectivity index (χ0n) is 16.5. The topological polar surface area (TPSA) is 76.0 Å². The molecule has 0 bridgehead atoms. The van der Waals surface area contributed by atoms with Gasteiger partial charge in [-0.15, -0.1) is 0 Å². The molecular weight excluding hydrogens is 352 g/mol. The summed E-state index contributed by atoms with van der Waals surface area (Å²) in [6, 6.07) is 14.8. The number of rotatable bonds is 7. The Morgan fingerprint density at radius 1 is 1.07 bits per heavy atom. The summed E-state index contributed by atoms with van der Waals surface area (Å²) in [7, 11) is 0. The molecule has 1 heterocycles. The predicted molar refractivity (Wildman–Crippen MR) is 110 cm³/mol. The fourth-order valence-corrected chi connectivity index (χ4v) is 2.93. The quantitative estimate of drug-likeness (QED) is 0.661. The normalized spacial score (nSPS) is 13.1. The van der Waals surface area contributed by atoms with Crippen molar-refractivity contribution in [2.75, 3.05) is 0 Å². The Morgan fingerprint density at radius 2 is 1.79 bits per heavy atom. The van der Waals surface area contributed by atoms with Crippen LogP contribution in [0.25, 0.3) is 11.0 Å². The van der Waals surface area contributed by atoms with Gasteiger partial charge in [0.05, 0.1) is 17.4 Å². The first-order valence-electron chi connectivity index (χ1n) is 9.58. The smallest absolute Gasteiger partial charge is 0.251 e. The highest BCUT2D eigenvalue weighted by molar-refractivity contribution is 5.94. The first kappa shape index (κ1) is 19.6. The van der Waals surface area contributed by atoms with Gasteiger partial charge in [0.15, 0.2) is 0 Å². The zero-order chi connectivity index (χ0) is 20.1. The summed E-state index contributed by atoms with van der Waals surface area (Å²) in [5, 5.41) is 5.90. The van der Waals surface area contributed by atoms with E-state index in [0.29, 0.717) is 12.1 Å². The van der Waals surface area contributed by atoms with Gasteiger partial charge in [-0.2, -0.15) is 0 Å². The molecule has 0 spiro atoms. The molecule has 2 atom stereocenters. The van der Waals surface area contributed by atoms with Crippen LogP contribution in [0.1, 0.15) is 49.2 Å². The molecule has 0 radical (unpaired) electrons. The number of hydrogen-bond donors (Lipinski definition) is 2. The second kappa shape index (κ2) is 8.69. The van der Waals surface area contributed by atoms with Gasteiger partial charge in [-0.3, -0.25) is 9.59 Å². The minimum atomic E-state index is -0.368. The van der Waals surface area contributed by atoms with E-state index in [4.69, 9.17) is 0 Å². The van der Waals surface area contributed by atoms with E-state index >= 15 is 0 Å². The van der Waals surface area contributed by atoms with Crippen LogP contribution >= 0.6 is 0 Å². The average molecular weight is 378 g/mol. The van der Waals surface area contributed by atoms with Crippen LogP contribution < -0.4 is 10.6 Å². The SMILES string of the molecule is CC[C@H](C)NC(=O)c1ccc(CNC(=O)[C@@H](C)n2cnc3ccccc32)cc1. The van der Waals surface area contributed by atoms with Crippen molar-refractivity contribution in [2.24, 2.45) is 0 Å². The monoisotopic (exact) mass is 378 g/mol. The van der Waals surface area contributed by atoms with Crippen molar-refractivity contribution in [1.82, 2.24) is 20.2 Å². The van der Waals surface area contributed by atoms with Crippen molar-refractivity contribution in [3.05, 3.63) is 66.0 Å². The molecule has 0 aliphatic carbocycles. The fraction of sp³-hybridized carbons (Fsp3) is 0.318. The van der Waals surface area contributed by atoms with Crippen molar-refractivity contribution < 1.29 is 9.59 Å². The second-order valence-electron chi connectivity index (χ2n) is 7.01. The molecule has 6 heteroatoms. The third-order valence-corrected chi connectivity index (χ3v) is 4.95. The van der Waals surface area contributed by atoms with E-state index in [1.807, 2.05) is 61.7 Å². The second-order valence-corrected chi connectivity index (χ2v) is 7.01. The Kier molecular flexibility index (Phi) is 6.09. The highest BCUT2D eigenvalue weighted by atomic mass is 16.2. The van der Waals surface area contributed by atoms with Crippen molar-refractivity contribution in [3.63, 3.8) is 0 Å². The zero-order valence-corrected chi connectivity index (χ0v) is 16.5. The molecule has 2 amide bonds. The number of fused-ring (bicyclic) bond motifs is 1. The lowest BCUT2D eigenvalue weighted by Gasteiger charge is -2.15. The van der Waals surface area contributed by atoms with E-state index in [1.54, 1.807) is 18.5 Å². The maximum atomic E-state index is 12.6. The maximum absolute atomic E-state index is 12.6. The number of hydrogen-bond acceptors (Lipinski definition) is 3. The average Bonchev–Trinajstić information content (AvgIpc) is 3.15. The van der Waals surface area contributed by atoms with Gasteiger partial charge in [0.2, 0.25) is 5.91 Å². The fourth-order valence-electron chi connectivity index (χ4n) is 2.93. The van der Waals surface area contributed by atoms with Crippen molar-refractivity contribution >= 4 is 22.8 Å². The minimum Gasteiger partial charge on any atom is -0.350 e. The summed E-state index contributed by atoms with van der Waals surface area (Å²) in [6.45, 7) is 6.27. The Bertz CT molecular complexity index is 962. The highest BCUT2D eigenvalue weighted by Gasteiger charge is 2.17. The lowest BCUT2D eigenvalue weighted by Crippen LogP contribution is -2.32. The Hall–Kier alpha value is -3.15. The van der Waals surface area contributed by atoms with E-state index in [0.717, 1.165) is 23.0 Å². The lowest BCUT2D eigenvalue weighted by molar-refractivity contribution is -0.123. The molecule has 2 aromatic carbocycles. The number of nitrogens with one attached hydrogen (secondary N) is 2. The molecule has 0 fully saturated rings. The molecule has 28 heavy (non-hydrogen) atoms. The highest BCUT2D eigenvalue weighted by Crippen LogP contribution is 2.17. The maximum Gasteiger partial charge on any atom is 0.251 e. The van der Waals surface area contributed by atoms with E-state index < -0.39 is 0 Å². The molecule has 0 aliphatic rings. The summed E-state index contributed by atoms with van der Waals surface area (Å²) >= 11 is 0. The van der Waals surface area contributed by atoms with Gasteiger partial charge in [-0.25, -0.2) is 4.98 Å². The number of amides is 2. The molecular formula is C22H26N4O2. The van der Waals surface area contributed by atoms with E-state index in [9.17, 15) is 9.59 Å². The summed E-state index contributed by atoms with van der Waals surface area (Å²) in [6.07, 6.45) is 2.58. The van der Waals surface area contributed by atoms with E-state index in [2.05, 4.69) is 15.6 Å². The summed E-state index contributed by atoms with van der Waals surface area (Å²) in [5.41, 5.74) is 3.36. The molecule has 2 N–H and O–H groups in total. The first-order valence-corrected chi connectivity index (χ1v) is 9.58. The van der Waals surface area contributed by atoms with E-state index in [-0.39, 0.29) is 23.9 Å². The number of imidazole rings is 1. The Balaban J connectivity index is 1.59. The van der Waals surface area contributed by atoms with Gasteiger partial charge in [0.25, 0.3) is 5.91 Å². The van der Waals surface area contributed by atoms with Crippen LogP contribution in [0.4, 0.5) is 0 Å². The molecule has 3 rings (SSSR count). The third kappa shape index (κ3) is 4.39. The first-order chi connectivity index (χ1) is 13.5. The summed E-state index contributed by atoms with van der Waals surface area (Å²) in [5.74, 6) is -0.160. The van der Waals surface area contributed by atoms with Gasteiger partial charge in [0.1, 0.15) is 6.04 Å². The Labute approximate surface area is 165 Å². The molecule has 0 unspecified atom stereocenters.